The Morgan fingerprint density at radius 3 is 2.47 bits per heavy atom. The highest BCUT2D eigenvalue weighted by Gasteiger charge is 2.24. The van der Waals surface area contributed by atoms with E-state index in [1.54, 1.807) is 27.1 Å². The molecule has 0 aliphatic carbocycles. The van der Waals surface area contributed by atoms with E-state index in [4.69, 9.17) is 9.47 Å². The summed E-state index contributed by atoms with van der Waals surface area (Å²) in [4.78, 5) is 38.8. The van der Waals surface area contributed by atoms with Crippen LogP contribution in [0.5, 0.6) is 5.75 Å². The summed E-state index contributed by atoms with van der Waals surface area (Å²) in [6.45, 7) is 7.16. The SMILES string of the molecule is COc1ccccc1CN(C)C(=O)COC(=O)c1sc(NC(=O)C(C)(C)C)cc1C. The minimum atomic E-state index is -0.590. The Labute approximate surface area is 181 Å². The van der Waals surface area contributed by atoms with Crippen LogP contribution in [0.2, 0.25) is 0 Å². The van der Waals surface area contributed by atoms with Gasteiger partial charge >= 0.3 is 5.97 Å². The number of thiophene rings is 1. The monoisotopic (exact) mass is 432 g/mol. The molecular weight excluding hydrogens is 404 g/mol. The van der Waals surface area contributed by atoms with E-state index in [9.17, 15) is 14.4 Å². The van der Waals surface area contributed by atoms with Crippen LogP contribution in [-0.2, 0) is 20.9 Å². The second-order valence-electron chi connectivity index (χ2n) is 7.96. The van der Waals surface area contributed by atoms with Gasteiger partial charge in [0, 0.05) is 24.6 Å². The number of hydrogen-bond acceptors (Lipinski definition) is 6. The predicted octanol–water partition coefficient (Wildman–Crippen LogP) is 3.87. The largest absolute Gasteiger partial charge is 0.496 e. The summed E-state index contributed by atoms with van der Waals surface area (Å²) in [5, 5.41) is 3.37. The Balaban J connectivity index is 1.95. The Bertz CT molecular complexity index is 930. The number of likely N-dealkylation sites (N-methyl/N-ethyl adjacent to an activating group) is 1. The van der Waals surface area contributed by atoms with E-state index in [1.165, 1.54) is 4.90 Å². The third-order valence-electron chi connectivity index (χ3n) is 4.37. The Kier molecular flexibility index (Phi) is 7.61. The van der Waals surface area contributed by atoms with Gasteiger partial charge in [-0.25, -0.2) is 4.79 Å². The molecule has 7 nitrogen and oxygen atoms in total. The second-order valence-corrected chi connectivity index (χ2v) is 9.02. The van der Waals surface area contributed by atoms with Crippen molar-refractivity contribution < 1.29 is 23.9 Å². The maximum Gasteiger partial charge on any atom is 0.349 e. The van der Waals surface area contributed by atoms with Crippen LogP contribution in [0, 0.1) is 12.3 Å². The number of esters is 1. The molecule has 1 aromatic carbocycles. The lowest BCUT2D eigenvalue weighted by molar-refractivity contribution is -0.133. The average molecular weight is 433 g/mol. The van der Waals surface area contributed by atoms with Gasteiger partial charge in [0.2, 0.25) is 5.91 Å². The molecule has 0 fully saturated rings. The fraction of sp³-hybridized carbons (Fsp3) is 0.409. The van der Waals surface area contributed by atoms with Crippen molar-refractivity contribution >= 4 is 34.1 Å². The second kappa shape index (κ2) is 9.75. The predicted molar refractivity (Wildman–Crippen MR) is 117 cm³/mol. The zero-order valence-electron chi connectivity index (χ0n) is 18.2. The fourth-order valence-corrected chi connectivity index (χ4v) is 3.49. The van der Waals surface area contributed by atoms with E-state index in [0.717, 1.165) is 16.9 Å². The molecule has 2 amide bonds. The number of amides is 2. The number of nitrogens with zero attached hydrogens (tertiary/aromatic N) is 1. The van der Waals surface area contributed by atoms with Crippen molar-refractivity contribution in [1.82, 2.24) is 4.90 Å². The number of methoxy groups -OCH3 is 1. The van der Waals surface area contributed by atoms with E-state index in [1.807, 2.05) is 45.0 Å². The summed E-state index contributed by atoms with van der Waals surface area (Å²) in [5.74, 6) is -0.373. The first-order valence-electron chi connectivity index (χ1n) is 9.47. The van der Waals surface area contributed by atoms with Gasteiger partial charge in [0.05, 0.1) is 12.1 Å². The van der Waals surface area contributed by atoms with Crippen molar-refractivity contribution in [1.29, 1.82) is 0 Å². The summed E-state index contributed by atoms with van der Waals surface area (Å²) in [6, 6.07) is 9.14. The van der Waals surface area contributed by atoms with Crippen molar-refractivity contribution in [2.24, 2.45) is 5.41 Å². The van der Waals surface area contributed by atoms with E-state index in [2.05, 4.69) is 5.32 Å². The Morgan fingerprint density at radius 1 is 1.17 bits per heavy atom. The standard InChI is InChI=1S/C22H28N2O5S/c1-14-11-17(23-21(27)22(2,3)4)30-19(14)20(26)29-13-18(25)24(5)12-15-9-7-8-10-16(15)28-6/h7-11H,12-13H2,1-6H3,(H,23,27). The van der Waals surface area contributed by atoms with Gasteiger partial charge in [0.15, 0.2) is 6.61 Å². The van der Waals surface area contributed by atoms with Gasteiger partial charge < -0.3 is 19.7 Å². The summed E-state index contributed by atoms with van der Waals surface area (Å²) in [5.41, 5.74) is 0.997. The zero-order chi connectivity index (χ0) is 22.5. The number of aryl methyl sites for hydroxylation is 1. The molecule has 1 N–H and O–H groups in total. The number of nitrogens with one attached hydrogen (secondary N) is 1. The number of anilines is 1. The topological polar surface area (TPSA) is 84.9 Å². The molecular formula is C22H28N2O5S. The molecule has 0 saturated carbocycles. The molecule has 0 aliphatic rings. The van der Waals surface area contributed by atoms with Crippen molar-refractivity contribution in [2.45, 2.75) is 34.2 Å². The van der Waals surface area contributed by atoms with Gasteiger partial charge in [-0.3, -0.25) is 9.59 Å². The van der Waals surface area contributed by atoms with Gasteiger partial charge in [-0.15, -0.1) is 11.3 Å². The highest BCUT2D eigenvalue weighted by atomic mass is 32.1. The van der Waals surface area contributed by atoms with Gasteiger partial charge in [-0.2, -0.15) is 0 Å². The molecule has 0 atom stereocenters. The van der Waals surface area contributed by atoms with Crippen LogP contribution < -0.4 is 10.1 Å². The first-order chi connectivity index (χ1) is 14.0. The minimum absolute atomic E-state index is 0.142. The third kappa shape index (κ3) is 6.06. The minimum Gasteiger partial charge on any atom is -0.496 e. The molecule has 1 heterocycles. The summed E-state index contributed by atoms with van der Waals surface area (Å²) in [6.07, 6.45) is 0. The molecule has 2 aromatic rings. The normalized spacial score (nSPS) is 11.0. The average Bonchev–Trinajstić information content (AvgIpc) is 3.05. The smallest absolute Gasteiger partial charge is 0.349 e. The molecule has 0 radical (unpaired) electrons. The summed E-state index contributed by atoms with van der Waals surface area (Å²) >= 11 is 1.13. The lowest BCUT2D eigenvalue weighted by Crippen LogP contribution is -2.31. The van der Waals surface area contributed by atoms with E-state index in [0.29, 0.717) is 27.7 Å². The molecule has 1 aromatic heterocycles. The lowest BCUT2D eigenvalue weighted by Gasteiger charge is -2.18. The molecule has 162 valence electrons. The van der Waals surface area contributed by atoms with Crippen LogP contribution in [0.1, 0.15) is 41.6 Å². The maximum absolute atomic E-state index is 12.4. The molecule has 0 saturated heterocycles. The number of rotatable bonds is 7. The highest BCUT2D eigenvalue weighted by molar-refractivity contribution is 7.18. The number of ether oxygens (including phenoxy) is 2. The molecule has 0 aliphatic heterocycles. The van der Waals surface area contributed by atoms with Gasteiger partial charge in [0.1, 0.15) is 10.6 Å². The van der Waals surface area contributed by atoms with E-state index in [-0.39, 0.29) is 18.4 Å². The van der Waals surface area contributed by atoms with Crippen LogP contribution in [0.15, 0.2) is 30.3 Å². The number of hydrogen-bond donors (Lipinski definition) is 1. The van der Waals surface area contributed by atoms with E-state index < -0.39 is 11.4 Å². The first-order valence-corrected chi connectivity index (χ1v) is 10.3. The number of carbonyl (C=O) groups is 3. The molecule has 8 heteroatoms. The summed E-state index contributed by atoms with van der Waals surface area (Å²) < 4.78 is 10.5. The molecule has 30 heavy (non-hydrogen) atoms. The summed E-state index contributed by atoms with van der Waals surface area (Å²) in [7, 11) is 3.21. The number of benzene rings is 1. The molecule has 0 unspecified atom stereocenters. The zero-order valence-corrected chi connectivity index (χ0v) is 19.0. The van der Waals surface area contributed by atoms with Crippen LogP contribution in [0.25, 0.3) is 0 Å². The van der Waals surface area contributed by atoms with Crippen LogP contribution in [-0.4, -0.2) is 43.4 Å². The van der Waals surface area contributed by atoms with E-state index >= 15 is 0 Å². The van der Waals surface area contributed by atoms with Crippen molar-refractivity contribution in [3.8, 4) is 5.75 Å². The van der Waals surface area contributed by atoms with Crippen LogP contribution in [0.3, 0.4) is 0 Å². The van der Waals surface area contributed by atoms with Crippen LogP contribution in [0.4, 0.5) is 5.00 Å². The number of para-hydroxylation sites is 1. The van der Waals surface area contributed by atoms with Gasteiger partial charge in [0.25, 0.3) is 5.91 Å². The Morgan fingerprint density at radius 2 is 1.83 bits per heavy atom. The quantitative estimate of drug-likeness (QED) is 0.672. The number of carbonyl (C=O) groups excluding carboxylic acids is 3. The Hall–Kier alpha value is -2.87. The molecule has 0 spiro atoms. The van der Waals surface area contributed by atoms with Crippen molar-refractivity contribution in [3.63, 3.8) is 0 Å². The fourth-order valence-electron chi connectivity index (χ4n) is 2.53. The maximum atomic E-state index is 12.4. The molecule has 0 bridgehead atoms. The van der Waals surface area contributed by atoms with Crippen molar-refractivity contribution in [2.75, 3.05) is 26.1 Å². The highest BCUT2D eigenvalue weighted by Crippen LogP contribution is 2.29. The first kappa shape index (κ1) is 23.4. The third-order valence-corrected chi connectivity index (χ3v) is 5.51. The van der Waals surface area contributed by atoms with Crippen LogP contribution >= 0.6 is 11.3 Å². The van der Waals surface area contributed by atoms with Gasteiger partial charge in [-0.05, 0) is 24.6 Å². The lowest BCUT2D eigenvalue weighted by atomic mass is 9.96. The van der Waals surface area contributed by atoms with Gasteiger partial charge in [-0.1, -0.05) is 39.0 Å². The van der Waals surface area contributed by atoms with Crippen molar-refractivity contribution in [3.05, 3.63) is 46.3 Å². The molecule has 2 rings (SSSR count).